The molecule has 0 amide bonds. The molecule has 0 aromatic carbocycles. The van der Waals surface area contributed by atoms with Gasteiger partial charge < -0.3 is 4.74 Å². The molecule has 0 N–H and O–H groups in total. The molecular weight excluding hydrogens is 304 g/mol. The van der Waals surface area contributed by atoms with Crippen LogP contribution in [0.25, 0.3) is 0 Å². The van der Waals surface area contributed by atoms with Crippen molar-refractivity contribution < 1.29 is 4.74 Å². The standard InChI is InChI=1S/C24H44O/c1-3-5-7-8-9-19-10-14-23-20(17-19)11-12-21-18-22(13-15-24(21)23)25-16-6-4-2/h19-24H,3-18H2,1-2H3/t19-,20?,21?,22-,23?,24?/m0/s1. The van der Waals surface area contributed by atoms with Gasteiger partial charge in [-0.05, 0) is 81.0 Å². The summed E-state index contributed by atoms with van der Waals surface area (Å²) in [6.07, 6.45) is 22.4. The Hall–Kier alpha value is -0.0400. The van der Waals surface area contributed by atoms with Crippen molar-refractivity contribution in [2.24, 2.45) is 29.6 Å². The van der Waals surface area contributed by atoms with Crippen LogP contribution in [0.1, 0.15) is 110 Å². The lowest BCUT2D eigenvalue weighted by molar-refractivity contribution is -0.0537. The Balaban J connectivity index is 1.42. The molecule has 3 rings (SSSR count). The van der Waals surface area contributed by atoms with Crippen LogP contribution in [0.3, 0.4) is 0 Å². The van der Waals surface area contributed by atoms with Crippen molar-refractivity contribution in [2.45, 2.75) is 116 Å². The largest absolute Gasteiger partial charge is 0.378 e. The van der Waals surface area contributed by atoms with E-state index in [2.05, 4.69) is 13.8 Å². The molecule has 3 saturated carbocycles. The molecule has 4 unspecified atom stereocenters. The first-order valence-electron chi connectivity index (χ1n) is 11.9. The maximum absolute atomic E-state index is 6.19. The van der Waals surface area contributed by atoms with Gasteiger partial charge in [0.2, 0.25) is 0 Å². The van der Waals surface area contributed by atoms with Crippen LogP contribution in [0.4, 0.5) is 0 Å². The minimum atomic E-state index is 0.597. The van der Waals surface area contributed by atoms with Gasteiger partial charge in [-0.15, -0.1) is 0 Å². The fourth-order valence-corrected chi connectivity index (χ4v) is 6.52. The molecule has 0 aromatic rings. The second kappa shape index (κ2) is 10.3. The van der Waals surface area contributed by atoms with E-state index in [4.69, 9.17) is 4.74 Å². The Bertz CT molecular complexity index is 365. The van der Waals surface area contributed by atoms with Crippen LogP contribution in [0.2, 0.25) is 0 Å². The van der Waals surface area contributed by atoms with Gasteiger partial charge in [0, 0.05) is 6.61 Å². The van der Waals surface area contributed by atoms with Crippen molar-refractivity contribution in [3.05, 3.63) is 0 Å². The Kier molecular flexibility index (Phi) is 8.15. The Morgan fingerprint density at radius 2 is 1.40 bits per heavy atom. The molecule has 3 aliphatic carbocycles. The predicted octanol–water partition coefficient (Wildman–Crippen LogP) is 7.38. The van der Waals surface area contributed by atoms with E-state index in [-0.39, 0.29) is 0 Å². The molecule has 0 aromatic heterocycles. The molecule has 146 valence electrons. The second-order valence-electron chi connectivity index (χ2n) is 9.61. The third kappa shape index (κ3) is 5.47. The highest BCUT2D eigenvalue weighted by Gasteiger charge is 2.44. The Labute approximate surface area is 157 Å². The average molecular weight is 349 g/mol. The summed E-state index contributed by atoms with van der Waals surface area (Å²) in [5.41, 5.74) is 0. The summed E-state index contributed by atoms with van der Waals surface area (Å²) in [7, 11) is 0. The van der Waals surface area contributed by atoms with Crippen molar-refractivity contribution in [2.75, 3.05) is 6.61 Å². The fraction of sp³-hybridized carbons (Fsp3) is 1.00. The summed E-state index contributed by atoms with van der Waals surface area (Å²) in [6.45, 7) is 5.60. The lowest BCUT2D eigenvalue weighted by Crippen LogP contribution is -2.42. The fourth-order valence-electron chi connectivity index (χ4n) is 6.52. The van der Waals surface area contributed by atoms with Crippen molar-refractivity contribution in [1.82, 2.24) is 0 Å². The Morgan fingerprint density at radius 3 is 2.16 bits per heavy atom. The molecule has 0 aliphatic heterocycles. The predicted molar refractivity (Wildman–Crippen MR) is 108 cm³/mol. The second-order valence-corrected chi connectivity index (χ2v) is 9.61. The molecule has 1 heteroatoms. The van der Waals surface area contributed by atoms with Crippen LogP contribution in [0.5, 0.6) is 0 Å². The summed E-state index contributed by atoms with van der Waals surface area (Å²) < 4.78 is 6.19. The van der Waals surface area contributed by atoms with E-state index in [0.29, 0.717) is 6.10 Å². The highest BCUT2D eigenvalue weighted by atomic mass is 16.5. The summed E-state index contributed by atoms with van der Waals surface area (Å²) in [6, 6.07) is 0. The van der Waals surface area contributed by atoms with Crippen LogP contribution >= 0.6 is 0 Å². The molecule has 3 aliphatic rings. The maximum Gasteiger partial charge on any atom is 0.0578 e. The number of rotatable bonds is 9. The van der Waals surface area contributed by atoms with Gasteiger partial charge in [-0.3, -0.25) is 0 Å². The molecule has 0 spiro atoms. The first kappa shape index (κ1) is 19.7. The number of hydrogen-bond acceptors (Lipinski definition) is 1. The molecule has 6 atom stereocenters. The number of fused-ring (bicyclic) bond motifs is 3. The molecular formula is C24H44O. The zero-order chi connectivity index (χ0) is 17.5. The van der Waals surface area contributed by atoms with Crippen molar-refractivity contribution in [3.8, 4) is 0 Å². The Morgan fingerprint density at radius 1 is 0.680 bits per heavy atom. The molecule has 0 saturated heterocycles. The third-order valence-corrected chi connectivity index (χ3v) is 7.92. The van der Waals surface area contributed by atoms with Gasteiger partial charge in [0.1, 0.15) is 0 Å². The summed E-state index contributed by atoms with van der Waals surface area (Å²) >= 11 is 0. The topological polar surface area (TPSA) is 9.23 Å². The molecule has 0 bridgehead atoms. The first-order valence-corrected chi connectivity index (χ1v) is 11.9. The van der Waals surface area contributed by atoms with Gasteiger partial charge in [-0.25, -0.2) is 0 Å². The van der Waals surface area contributed by atoms with Gasteiger partial charge in [0.15, 0.2) is 0 Å². The van der Waals surface area contributed by atoms with Crippen LogP contribution in [-0.4, -0.2) is 12.7 Å². The SMILES string of the molecule is CCCCCC[C@H]1CCC2C(CCC3C[C@@H](OCCCC)CCC32)C1. The molecule has 0 radical (unpaired) electrons. The summed E-state index contributed by atoms with van der Waals surface area (Å²) in [5, 5.41) is 0. The van der Waals surface area contributed by atoms with Crippen LogP contribution < -0.4 is 0 Å². The van der Waals surface area contributed by atoms with Crippen molar-refractivity contribution >= 4 is 0 Å². The van der Waals surface area contributed by atoms with Gasteiger partial charge in [0.25, 0.3) is 0 Å². The molecule has 0 heterocycles. The van der Waals surface area contributed by atoms with Crippen molar-refractivity contribution in [3.63, 3.8) is 0 Å². The average Bonchev–Trinajstić information content (AvgIpc) is 2.65. The zero-order valence-corrected chi connectivity index (χ0v) is 17.2. The summed E-state index contributed by atoms with van der Waals surface area (Å²) in [4.78, 5) is 0. The van der Waals surface area contributed by atoms with E-state index in [1.807, 2.05) is 0 Å². The first-order chi connectivity index (χ1) is 12.3. The minimum Gasteiger partial charge on any atom is -0.378 e. The van der Waals surface area contributed by atoms with E-state index in [9.17, 15) is 0 Å². The van der Waals surface area contributed by atoms with E-state index in [1.54, 1.807) is 25.7 Å². The van der Waals surface area contributed by atoms with Crippen LogP contribution in [-0.2, 0) is 4.74 Å². The van der Waals surface area contributed by atoms with Crippen molar-refractivity contribution in [1.29, 1.82) is 0 Å². The number of unbranched alkanes of at least 4 members (excludes halogenated alkanes) is 4. The maximum atomic E-state index is 6.19. The number of ether oxygens (including phenoxy) is 1. The highest BCUT2D eigenvalue weighted by molar-refractivity contribution is 4.94. The molecule has 3 fully saturated rings. The monoisotopic (exact) mass is 348 g/mol. The van der Waals surface area contributed by atoms with E-state index >= 15 is 0 Å². The molecule has 1 nitrogen and oxygen atoms in total. The van der Waals surface area contributed by atoms with Crippen LogP contribution in [0, 0.1) is 29.6 Å². The number of hydrogen-bond donors (Lipinski definition) is 0. The van der Waals surface area contributed by atoms with Gasteiger partial charge >= 0.3 is 0 Å². The summed E-state index contributed by atoms with van der Waals surface area (Å²) in [5.74, 6) is 5.31. The normalized spacial score (nSPS) is 38.2. The van der Waals surface area contributed by atoms with E-state index in [1.165, 1.54) is 70.6 Å². The lowest BCUT2D eigenvalue weighted by Gasteiger charge is -2.50. The van der Waals surface area contributed by atoms with Crippen LogP contribution in [0.15, 0.2) is 0 Å². The van der Waals surface area contributed by atoms with Gasteiger partial charge in [-0.2, -0.15) is 0 Å². The third-order valence-electron chi connectivity index (χ3n) is 7.92. The van der Waals surface area contributed by atoms with Gasteiger partial charge in [-0.1, -0.05) is 58.8 Å². The quantitative estimate of drug-likeness (QED) is 0.395. The minimum absolute atomic E-state index is 0.597. The molecule has 25 heavy (non-hydrogen) atoms. The van der Waals surface area contributed by atoms with E-state index < -0.39 is 0 Å². The highest BCUT2D eigenvalue weighted by Crippen LogP contribution is 2.53. The lowest BCUT2D eigenvalue weighted by atomic mass is 9.56. The van der Waals surface area contributed by atoms with E-state index in [0.717, 1.165) is 36.2 Å². The zero-order valence-electron chi connectivity index (χ0n) is 17.2. The van der Waals surface area contributed by atoms with Gasteiger partial charge in [0.05, 0.1) is 6.10 Å². The smallest absolute Gasteiger partial charge is 0.0578 e.